The van der Waals surface area contributed by atoms with Crippen LogP contribution in [0.2, 0.25) is 10.0 Å². The van der Waals surface area contributed by atoms with Crippen LogP contribution in [-0.4, -0.2) is 14.6 Å². The zero-order chi connectivity index (χ0) is 18.5. The first kappa shape index (κ1) is 16.6. The van der Waals surface area contributed by atoms with Crippen molar-refractivity contribution >= 4 is 28.8 Å². The average molecular weight is 396 g/mol. The van der Waals surface area contributed by atoms with Crippen molar-refractivity contribution in [2.75, 3.05) is 0 Å². The largest absolute Gasteiger partial charge is 0.293 e. The number of nitrogens with zero attached hydrogens (tertiary/aromatic N) is 2. The number of nitrogens with one attached hydrogen (secondary N) is 1. The smallest absolute Gasteiger partial charge is 0.273 e. The highest BCUT2D eigenvalue weighted by atomic mass is 35.5. The standard InChI is InChI=1S/C21H15Cl2N3O/c22-14-8-9-15(16(23)10-14)19-20(13-6-7-13)25-26-18(27)11-17(24-21(19)26)12-4-2-1-3-5-12/h1-5,8-11,13,25H,6-7H2. The maximum absolute atomic E-state index is 12.8. The fourth-order valence-electron chi connectivity index (χ4n) is 3.44. The lowest BCUT2D eigenvalue weighted by molar-refractivity contribution is 0.855. The molecule has 5 rings (SSSR count). The molecule has 27 heavy (non-hydrogen) atoms. The monoisotopic (exact) mass is 395 g/mol. The third-order valence-corrected chi connectivity index (χ3v) is 5.45. The minimum absolute atomic E-state index is 0.142. The number of fused-ring (bicyclic) bond motifs is 1. The van der Waals surface area contributed by atoms with E-state index in [0.29, 0.717) is 27.3 Å². The number of halogens is 2. The van der Waals surface area contributed by atoms with Crippen molar-refractivity contribution in [2.24, 2.45) is 0 Å². The van der Waals surface area contributed by atoms with Gasteiger partial charge in [-0.1, -0.05) is 59.6 Å². The Morgan fingerprint density at radius 1 is 1.04 bits per heavy atom. The first-order valence-electron chi connectivity index (χ1n) is 8.78. The van der Waals surface area contributed by atoms with E-state index < -0.39 is 0 Å². The Labute approximate surface area is 165 Å². The van der Waals surface area contributed by atoms with Crippen LogP contribution in [0.15, 0.2) is 59.4 Å². The van der Waals surface area contributed by atoms with Gasteiger partial charge in [0.05, 0.1) is 10.7 Å². The van der Waals surface area contributed by atoms with Crippen molar-refractivity contribution < 1.29 is 0 Å². The first-order chi connectivity index (χ1) is 13.1. The molecular formula is C21H15Cl2N3O. The van der Waals surface area contributed by atoms with E-state index in [0.717, 1.165) is 35.2 Å². The minimum Gasteiger partial charge on any atom is -0.293 e. The van der Waals surface area contributed by atoms with E-state index in [2.05, 4.69) is 5.10 Å². The molecule has 1 fully saturated rings. The summed E-state index contributed by atoms with van der Waals surface area (Å²) in [4.78, 5) is 17.6. The summed E-state index contributed by atoms with van der Waals surface area (Å²) in [6.07, 6.45) is 2.18. The molecule has 0 amide bonds. The molecule has 2 aromatic heterocycles. The Hall–Kier alpha value is -2.56. The average Bonchev–Trinajstić information content (AvgIpc) is 3.44. The summed E-state index contributed by atoms with van der Waals surface area (Å²) in [7, 11) is 0. The second-order valence-corrected chi connectivity index (χ2v) is 7.65. The second kappa shape index (κ2) is 6.25. The molecule has 2 heterocycles. The molecule has 2 aromatic carbocycles. The van der Waals surface area contributed by atoms with E-state index in [9.17, 15) is 4.79 Å². The summed E-state index contributed by atoms with van der Waals surface area (Å²) in [5.74, 6) is 0.396. The van der Waals surface area contributed by atoms with Crippen LogP contribution in [0.25, 0.3) is 28.0 Å². The summed E-state index contributed by atoms with van der Waals surface area (Å²) >= 11 is 12.6. The van der Waals surface area contributed by atoms with E-state index in [1.165, 1.54) is 4.52 Å². The fraction of sp³-hybridized carbons (Fsp3) is 0.143. The van der Waals surface area contributed by atoms with Gasteiger partial charge in [-0.2, -0.15) is 0 Å². The van der Waals surface area contributed by atoms with Crippen LogP contribution in [0.4, 0.5) is 0 Å². The van der Waals surface area contributed by atoms with Gasteiger partial charge in [0, 0.05) is 39.4 Å². The number of hydrogen-bond donors (Lipinski definition) is 1. The number of aromatic nitrogens is 3. The van der Waals surface area contributed by atoms with Gasteiger partial charge in [-0.25, -0.2) is 9.50 Å². The highest BCUT2D eigenvalue weighted by Gasteiger charge is 2.31. The Bertz CT molecular complexity index is 1220. The van der Waals surface area contributed by atoms with Crippen molar-refractivity contribution in [3.8, 4) is 22.4 Å². The highest BCUT2D eigenvalue weighted by molar-refractivity contribution is 6.36. The summed E-state index contributed by atoms with van der Waals surface area (Å²) in [5, 5.41) is 4.39. The van der Waals surface area contributed by atoms with Gasteiger partial charge in [-0.05, 0) is 25.0 Å². The lowest BCUT2D eigenvalue weighted by atomic mass is 10.0. The molecule has 1 aliphatic carbocycles. The Balaban J connectivity index is 1.83. The SMILES string of the molecule is O=c1cc(-c2ccccc2)nc2c(-c3ccc(Cl)cc3Cl)c(C3CC3)[nH]n12. The molecule has 1 saturated carbocycles. The molecule has 0 aliphatic heterocycles. The van der Waals surface area contributed by atoms with Crippen molar-refractivity contribution in [3.63, 3.8) is 0 Å². The van der Waals surface area contributed by atoms with Gasteiger partial charge in [0.1, 0.15) is 0 Å². The molecule has 0 saturated heterocycles. The van der Waals surface area contributed by atoms with Crippen molar-refractivity contribution in [1.29, 1.82) is 0 Å². The van der Waals surface area contributed by atoms with Gasteiger partial charge in [0.25, 0.3) is 5.56 Å². The van der Waals surface area contributed by atoms with E-state index in [-0.39, 0.29) is 5.56 Å². The van der Waals surface area contributed by atoms with Gasteiger partial charge >= 0.3 is 0 Å². The number of rotatable bonds is 3. The van der Waals surface area contributed by atoms with Crippen LogP contribution >= 0.6 is 23.2 Å². The predicted molar refractivity (Wildman–Crippen MR) is 109 cm³/mol. The van der Waals surface area contributed by atoms with Gasteiger partial charge < -0.3 is 0 Å². The molecular weight excluding hydrogens is 381 g/mol. The van der Waals surface area contributed by atoms with Crippen molar-refractivity contribution in [3.05, 3.63) is 80.7 Å². The normalized spacial score (nSPS) is 14.0. The summed E-state index contributed by atoms with van der Waals surface area (Å²) < 4.78 is 1.51. The number of H-pyrrole nitrogens is 1. The van der Waals surface area contributed by atoms with E-state index in [1.54, 1.807) is 12.1 Å². The molecule has 0 unspecified atom stereocenters. The molecule has 0 spiro atoms. The van der Waals surface area contributed by atoms with E-state index in [1.807, 2.05) is 42.5 Å². The summed E-state index contributed by atoms with van der Waals surface area (Å²) in [5.41, 5.74) is 4.72. The molecule has 6 heteroatoms. The van der Waals surface area contributed by atoms with Gasteiger partial charge in [-0.3, -0.25) is 9.89 Å². The van der Waals surface area contributed by atoms with E-state index >= 15 is 0 Å². The molecule has 134 valence electrons. The third-order valence-electron chi connectivity index (χ3n) is 4.90. The second-order valence-electron chi connectivity index (χ2n) is 6.80. The third kappa shape index (κ3) is 2.85. The molecule has 0 bridgehead atoms. The van der Waals surface area contributed by atoms with Crippen molar-refractivity contribution in [1.82, 2.24) is 14.6 Å². The fourth-order valence-corrected chi connectivity index (χ4v) is 3.94. The molecule has 1 aliphatic rings. The van der Waals surface area contributed by atoms with Crippen LogP contribution in [-0.2, 0) is 0 Å². The van der Waals surface area contributed by atoms with Crippen LogP contribution in [0.1, 0.15) is 24.5 Å². The predicted octanol–water partition coefficient (Wildman–Crippen LogP) is 5.54. The Morgan fingerprint density at radius 2 is 1.81 bits per heavy atom. The minimum atomic E-state index is -0.142. The zero-order valence-electron chi connectivity index (χ0n) is 14.2. The molecule has 4 nitrogen and oxygen atoms in total. The Morgan fingerprint density at radius 3 is 2.52 bits per heavy atom. The lowest BCUT2D eigenvalue weighted by Crippen LogP contribution is -2.14. The van der Waals surface area contributed by atoms with Crippen LogP contribution in [0.5, 0.6) is 0 Å². The summed E-state index contributed by atoms with van der Waals surface area (Å²) in [6.45, 7) is 0. The molecule has 1 N–H and O–H groups in total. The Kier molecular flexibility index (Phi) is 3.85. The quantitative estimate of drug-likeness (QED) is 0.494. The maximum Gasteiger partial charge on any atom is 0.273 e. The summed E-state index contributed by atoms with van der Waals surface area (Å²) in [6, 6.07) is 16.7. The zero-order valence-corrected chi connectivity index (χ0v) is 15.8. The molecule has 0 radical (unpaired) electrons. The van der Waals surface area contributed by atoms with Crippen molar-refractivity contribution in [2.45, 2.75) is 18.8 Å². The topological polar surface area (TPSA) is 50.2 Å². The molecule has 0 atom stereocenters. The van der Waals surface area contributed by atoms with Gasteiger partial charge in [0.15, 0.2) is 5.65 Å². The first-order valence-corrected chi connectivity index (χ1v) is 9.54. The number of benzene rings is 2. The number of hydrogen-bond acceptors (Lipinski definition) is 2. The maximum atomic E-state index is 12.8. The van der Waals surface area contributed by atoms with Crippen LogP contribution in [0.3, 0.4) is 0 Å². The van der Waals surface area contributed by atoms with Crippen LogP contribution < -0.4 is 5.56 Å². The highest BCUT2D eigenvalue weighted by Crippen LogP contribution is 2.46. The van der Waals surface area contributed by atoms with E-state index in [4.69, 9.17) is 28.2 Å². The number of aromatic amines is 1. The van der Waals surface area contributed by atoms with Gasteiger partial charge in [-0.15, -0.1) is 0 Å². The van der Waals surface area contributed by atoms with Gasteiger partial charge in [0.2, 0.25) is 0 Å². The molecule has 4 aromatic rings. The van der Waals surface area contributed by atoms with Crippen LogP contribution in [0, 0.1) is 0 Å². The lowest BCUT2D eigenvalue weighted by Gasteiger charge is -2.07.